The summed E-state index contributed by atoms with van der Waals surface area (Å²) in [6.07, 6.45) is 5.19. The quantitative estimate of drug-likeness (QED) is 0.551. The van der Waals surface area contributed by atoms with Crippen LogP contribution in [-0.4, -0.2) is 72.5 Å². The number of likely N-dealkylation sites (tertiary alicyclic amines) is 1. The number of carbonyl (C=O) groups is 1. The van der Waals surface area contributed by atoms with Crippen LogP contribution in [0.1, 0.15) is 43.1 Å². The topological polar surface area (TPSA) is 87.0 Å². The monoisotopic (exact) mass is 540 g/mol. The SMILES string of the molecule is COC1CN(CCn2ccn(C(C)C)c2=O)CC[C@H]1CNC(=O)c1cc(Cl)c(Cl)c2c1OCCCO2. The average Bonchev–Trinajstić information content (AvgIpc) is 3.07. The maximum atomic E-state index is 13.1. The molecular weight excluding hydrogens is 507 g/mol. The van der Waals surface area contributed by atoms with Gasteiger partial charge in [0.05, 0.1) is 29.9 Å². The highest BCUT2D eigenvalue weighted by molar-refractivity contribution is 6.43. The molecule has 2 atom stereocenters. The van der Waals surface area contributed by atoms with E-state index in [1.165, 1.54) is 6.07 Å². The van der Waals surface area contributed by atoms with Gasteiger partial charge >= 0.3 is 5.69 Å². The molecule has 0 saturated carbocycles. The van der Waals surface area contributed by atoms with Gasteiger partial charge in [-0.2, -0.15) is 0 Å². The Bertz CT molecular complexity index is 1130. The lowest BCUT2D eigenvalue weighted by molar-refractivity contribution is -0.0112. The Morgan fingerprint density at radius 1 is 1.19 bits per heavy atom. The van der Waals surface area contributed by atoms with E-state index in [0.29, 0.717) is 49.8 Å². The number of nitrogens with one attached hydrogen (secondary N) is 1. The van der Waals surface area contributed by atoms with E-state index in [1.807, 2.05) is 26.2 Å². The third-order valence-corrected chi connectivity index (χ3v) is 7.62. The lowest BCUT2D eigenvalue weighted by Gasteiger charge is -2.37. The van der Waals surface area contributed by atoms with Gasteiger partial charge in [-0.1, -0.05) is 23.2 Å². The van der Waals surface area contributed by atoms with Crippen molar-refractivity contribution in [3.63, 3.8) is 0 Å². The average molecular weight is 541 g/mol. The Hall–Kier alpha value is -2.20. The fraction of sp³-hybridized carbons (Fsp3) is 0.600. The summed E-state index contributed by atoms with van der Waals surface area (Å²) in [5.74, 6) is 0.511. The highest BCUT2D eigenvalue weighted by Gasteiger charge is 2.31. The van der Waals surface area contributed by atoms with Crippen molar-refractivity contribution in [3.8, 4) is 11.5 Å². The van der Waals surface area contributed by atoms with Gasteiger partial charge in [0.15, 0.2) is 11.5 Å². The molecule has 4 rings (SSSR count). The van der Waals surface area contributed by atoms with Crippen LogP contribution in [0.5, 0.6) is 11.5 Å². The molecule has 0 bridgehead atoms. The van der Waals surface area contributed by atoms with Crippen LogP contribution in [0.15, 0.2) is 23.3 Å². The Balaban J connectivity index is 1.34. The standard InChI is InChI=1S/C25H34Cl2N4O5/c1-16(2)31-10-9-30(25(31)33)8-7-29-6-5-17(20(15-29)34-3)14-28-24(32)18-13-19(26)21(27)23-22(18)35-11-4-12-36-23/h9-10,13,16-17,20H,4-8,11-12,14-15H2,1-3H3,(H,28,32)/t17-,20?/m0/s1. The fourth-order valence-electron chi connectivity index (χ4n) is 4.73. The molecule has 2 aromatic rings. The highest BCUT2D eigenvalue weighted by Crippen LogP contribution is 2.44. The summed E-state index contributed by atoms with van der Waals surface area (Å²) >= 11 is 12.6. The van der Waals surface area contributed by atoms with Gasteiger partial charge in [-0.25, -0.2) is 4.79 Å². The molecule has 0 radical (unpaired) electrons. The third-order valence-electron chi connectivity index (χ3n) is 6.85. The number of hydrogen-bond donors (Lipinski definition) is 1. The number of methoxy groups -OCH3 is 1. The van der Waals surface area contributed by atoms with Crippen molar-refractivity contribution < 1.29 is 19.0 Å². The fourth-order valence-corrected chi connectivity index (χ4v) is 5.12. The van der Waals surface area contributed by atoms with Gasteiger partial charge in [0.1, 0.15) is 5.02 Å². The van der Waals surface area contributed by atoms with Crippen LogP contribution < -0.4 is 20.5 Å². The number of imidazole rings is 1. The molecule has 1 unspecified atom stereocenters. The van der Waals surface area contributed by atoms with Gasteiger partial charge in [0.2, 0.25) is 0 Å². The number of rotatable bonds is 8. The van der Waals surface area contributed by atoms with Crippen LogP contribution >= 0.6 is 23.2 Å². The summed E-state index contributed by atoms with van der Waals surface area (Å²) in [5, 5.41) is 3.52. The van der Waals surface area contributed by atoms with E-state index in [4.69, 9.17) is 37.4 Å². The normalized spacial score (nSPS) is 20.4. The Morgan fingerprint density at radius 2 is 1.94 bits per heavy atom. The maximum Gasteiger partial charge on any atom is 0.328 e. The maximum absolute atomic E-state index is 13.1. The molecule has 1 amide bonds. The van der Waals surface area contributed by atoms with Gasteiger partial charge in [-0.05, 0) is 32.9 Å². The first-order valence-electron chi connectivity index (χ1n) is 12.4. The molecule has 1 saturated heterocycles. The van der Waals surface area contributed by atoms with E-state index < -0.39 is 0 Å². The van der Waals surface area contributed by atoms with E-state index >= 15 is 0 Å². The molecule has 3 heterocycles. The molecule has 0 spiro atoms. The Morgan fingerprint density at radius 3 is 2.64 bits per heavy atom. The molecule has 198 valence electrons. The number of amides is 1. The highest BCUT2D eigenvalue weighted by atomic mass is 35.5. The summed E-state index contributed by atoms with van der Waals surface area (Å²) in [7, 11) is 1.69. The van der Waals surface area contributed by atoms with Crippen molar-refractivity contribution in [1.29, 1.82) is 0 Å². The van der Waals surface area contributed by atoms with Crippen molar-refractivity contribution in [2.24, 2.45) is 5.92 Å². The number of fused-ring (bicyclic) bond motifs is 1. The smallest absolute Gasteiger partial charge is 0.328 e. The molecule has 2 aliphatic heterocycles. The predicted octanol–water partition coefficient (Wildman–Crippen LogP) is 3.47. The zero-order valence-corrected chi connectivity index (χ0v) is 22.5. The lowest BCUT2D eigenvalue weighted by Crippen LogP contribution is -2.49. The summed E-state index contributed by atoms with van der Waals surface area (Å²) in [4.78, 5) is 27.9. The Labute approximate surface area is 221 Å². The van der Waals surface area contributed by atoms with E-state index in [1.54, 1.807) is 16.2 Å². The van der Waals surface area contributed by atoms with E-state index in [9.17, 15) is 9.59 Å². The number of aromatic nitrogens is 2. The number of nitrogens with zero attached hydrogens (tertiary/aromatic N) is 3. The summed E-state index contributed by atoms with van der Waals surface area (Å²) in [6.45, 7) is 8.30. The second-order valence-electron chi connectivity index (χ2n) is 9.54. The minimum atomic E-state index is -0.290. The van der Waals surface area contributed by atoms with Gasteiger partial charge in [0, 0.05) is 64.1 Å². The number of halogens is 2. The molecule has 9 nitrogen and oxygen atoms in total. The van der Waals surface area contributed by atoms with Crippen LogP contribution in [0.2, 0.25) is 10.0 Å². The molecule has 1 fully saturated rings. The number of hydrogen-bond acceptors (Lipinski definition) is 6. The molecule has 0 aliphatic carbocycles. The first-order valence-corrected chi connectivity index (χ1v) is 13.1. The summed E-state index contributed by atoms with van der Waals surface area (Å²) in [6, 6.07) is 1.66. The van der Waals surface area contributed by atoms with Gasteiger partial charge in [-0.3, -0.25) is 18.8 Å². The van der Waals surface area contributed by atoms with E-state index in [-0.39, 0.29) is 39.7 Å². The van der Waals surface area contributed by atoms with Crippen molar-refractivity contribution >= 4 is 29.1 Å². The van der Waals surface area contributed by atoms with E-state index in [2.05, 4.69) is 10.2 Å². The van der Waals surface area contributed by atoms with Crippen LogP contribution in [0, 0.1) is 5.92 Å². The largest absolute Gasteiger partial charge is 0.489 e. The van der Waals surface area contributed by atoms with Crippen molar-refractivity contribution in [2.75, 3.05) is 46.5 Å². The predicted molar refractivity (Wildman–Crippen MR) is 139 cm³/mol. The molecule has 1 aromatic carbocycles. The van der Waals surface area contributed by atoms with E-state index in [0.717, 1.165) is 26.1 Å². The molecular formula is C25H34Cl2N4O5. The lowest BCUT2D eigenvalue weighted by atomic mass is 9.93. The molecule has 1 N–H and O–H groups in total. The van der Waals surface area contributed by atoms with Crippen LogP contribution in [0.3, 0.4) is 0 Å². The molecule has 11 heteroatoms. The minimum absolute atomic E-state index is 0.0143. The number of benzene rings is 1. The third kappa shape index (κ3) is 5.85. The molecule has 1 aromatic heterocycles. The number of carbonyl (C=O) groups excluding carboxylic acids is 1. The summed E-state index contributed by atoms with van der Waals surface area (Å²) in [5.41, 5.74) is 0.326. The zero-order chi connectivity index (χ0) is 25.8. The van der Waals surface area contributed by atoms with Crippen LogP contribution in [0.4, 0.5) is 0 Å². The second-order valence-corrected chi connectivity index (χ2v) is 10.3. The first-order chi connectivity index (χ1) is 17.3. The second kappa shape index (κ2) is 11.9. The first kappa shape index (κ1) is 26.9. The Kier molecular flexibility index (Phi) is 8.87. The number of ether oxygens (including phenoxy) is 3. The minimum Gasteiger partial charge on any atom is -0.489 e. The van der Waals surface area contributed by atoms with Crippen molar-refractivity contribution in [1.82, 2.24) is 19.4 Å². The van der Waals surface area contributed by atoms with Crippen molar-refractivity contribution in [2.45, 2.75) is 45.4 Å². The molecule has 2 aliphatic rings. The van der Waals surface area contributed by atoms with Gasteiger partial charge in [0.25, 0.3) is 5.91 Å². The van der Waals surface area contributed by atoms with Crippen LogP contribution in [0.25, 0.3) is 0 Å². The molecule has 36 heavy (non-hydrogen) atoms. The van der Waals surface area contributed by atoms with Crippen molar-refractivity contribution in [3.05, 3.63) is 44.6 Å². The van der Waals surface area contributed by atoms with Crippen LogP contribution in [-0.2, 0) is 11.3 Å². The number of piperidine rings is 1. The zero-order valence-electron chi connectivity index (χ0n) is 21.0. The van der Waals surface area contributed by atoms with Gasteiger partial charge < -0.3 is 19.5 Å². The summed E-state index contributed by atoms with van der Waals surface area (Å²) < 4.78 is 20.7. The van der Waals surface area contributed by atoms with Gasteiger partial charge in [-0.15, -0.1) is 0 Å².